The van der Waals surface area contributed by atoms with Crippen LogP contribution in [0.25, 0.3) is 9.40 Å². The first kappa shape index (κ1) is 13.4. The fourth-order valence-electron chi connectivity index (χ4n) is 3.45. The van der Waals surface area contributed by atoms with Crippen LogP contribution in [0.2, 0.25) is 0 Å². The number of hydrogen-bond donors (Lipinski definition) is 1. The Balaban J connectivity index is 1.75. The Kier molecular flexibility index (Phi) is 3.53. The second-order valence-electron chi connectivity index (χ2n) is 5.61. The van der Waals surface area contributed by atoms with Gasteiger partial charge in [-0.15, -0.1) is 22.7 Å². The quantitative estimate of drug-likeness (QED) is 0.755. The highest BCUT2D eigenvalue weighted by Crippen LogP contribution is 2.43. The van der Waals surface area contributed by atoms with Crippen molar-refractivity contribution in [3.05, 3.63) is 52.0 Å². The number of aryl methyl sites for hydroxylation is 1. The minimum atomic E-state index is 0.378. The standard InChI is InChI=1S/C17H18N2S2/c1-18-17(15-10-14-13(21-15)7-9-20-14)12-6-2-4-11-5-3-8-19-16(11)12/h3,5,7-10,12,17-18H,2,4,6H2,1H3. The molecule has 3 heterocycles. The zero-order valence-electron chi connectivity index (χ0n) is 12.0. The van der Waals surface area contributed by atoms with Crippen molar-refractivity contribution in [3.63, 3.8) is 0 Å². The van der Waals surface area contributed by atoms with Crippen LogP contribution in [0, 0.1) is 0 Å². The van der Waals surface area contributed by atoms with Gasteiger partial charge >= 0.3 is 0 Å². The summed E-state index contributed by atoms with van der Waals surface area (Å²) in [4.78, 5) is 6.15. The van der Waals surface area contributed by atoms with Crippen LogP contribution in [0.15, 0.2) is 35.8 Å². The third-order valence-electron chi connectivity index (χ3n) is 4.42. The number of pyridine rings is 1. The predicted octanol–water partition coefficient (Wildman–Crippen LogP) is 4.74. The Morgan fingerprint density at radius 3 is 3.14 bits per heavy atom. The summed E-state index contributed by atoms with van der Waals surface area (Å²) in [6.07, 6.45) is 5.61. The number of aromatic nitrogens is 1. The van der Waals surface area contributed by atoms with Gasteiger partial charge in [0.15, 0.2) is 0 Å². The van der Waals surface area contributed by atoms with Crippen molar-refractivity contribution in [2.75, 3.05) is 7.05 Å². The predicted molar refractivity (Wildman–Crippen MR) is 91.4 cm³/mol. The molecular formula is C17H18N2S2. The van der Waals surface area contributed by atoms with Crippen LogP contribution >= 0.6 is 22.7 Å². The minimum Gasteiger partial charge on any atom is -0.312 e. The molecule has 4 rings (SSSR count). The maximum Gasteiger partial charge on any atom is 0.0498 e. The van der Waals surface area contributed by atoms with Crippen molar-refractivity contribution in [3.8, 4) is 0 Å². The van der Waals surface area contributed by atoms with Crippen molar-refractivity contribution < 1.29 is 0 Å². The highest BCUT2D eigenvalue weighted by molar-refractivity contribution is 7.26. The zero-order valence-corrected chi connectivity index (χ0v) is 13.6. The van der Waals surface area contributed by atoms with Crippen LogP contribution in [-0.2, 0) is 6.42 Å². The van der Waals surface area contributed by atoms with Crippen molar-refractivity contribution in [2.24, 2.45) is 0 Å². The van der Waals surface area contributed by atoms with Gasteiger partial charge in [-0.25, -0.2) is 0 Å². The molecule has 1 aliphatic rings. The summed E-state index contributed by atoms with van der Waals surface area (Å²) in [5.41, 5.74) is 2.74. The maximum atomic E-state index is 4.70. The summed E-state index contributed by atoms with van der Waals surface area (Å²) in [6.45, 7) is 0. The Bertz CT molecular complexity index is 730. The van der Waals surface area contributed by atoms with Gasteiger partial charge in [-0.3, -0.25) is 4.98 Å². The fourth-order valence-corrected chi connectivity index (χ4v) is 5.74. The number of fused-ring (bicyclic) bond motifs is 2. The molecule has 108 valence electrons. The molecule has 0 aliphatic heterocycles. The lowest BCUT2D eigenvalue weighted by Crippen LogP contribution is -2.26. The highest BCUT2D eigenvalue weighted by atomic mass is 32.1. The summed E-state index contributed by atoms with van der Waals surface area (Å²) in [5, 5.41) is 5.73. The zero-order chi connectivity index (χ0) is 14.2. The van der Waals surface area contributed by atoms with E-state index in [4.69, 9.17) is 4.98 Å². The number of thiophene rings is 2. The third-order valence-corrected chi connectivity index (χ3v) is 6.59. The Morgan fingerprint density at radius 2 is 2.29 bits per heavy atom. The van der Waals surface area contributed by atoms with Crippen LogP contribution < -0.4 is 5.32 Å². The number of hydrogen-bond acceptors (Lipinski definition) is 4. The van der Waals surface area contributed by atoms with Crippen LogP contribution in [0.5, 0.6) is 0 Å². The van der Waals surface area contributed by atoms with Gasteiger partial charge in [0, 0.05) is 38.1 Å². The molecule has 1 aliphatic carbocycles. The molecule has 3 aromatic rings. The van der Waals surface area contributed by atoms with Gasteiger partial charge < -0.3 is 5.32 Å². The molecular weight excluding hydrogens is 296 g/mol. The maximum absolute atomic E-state index is 4.70. The molecule has 2 atom stereocenters. The van der Waals surface area contributed by atoms with Gasteiger partial charge in [-0.2, -0.15) is 0 Å². The smallest absolute Gasteiger partial charge is 0.0498 e. The van der Waals surface area contributed by atoms with Crippen molar-refractivity contribution in [1.29, 1.82) is 0 Å². The van der Waals surface area contributed by atoms with Crippen LogP contribution in [0.1, 0.15) is 40.9 Å². The van der Waals surface area contributed by atoms with E-state index in [0.29, 0.717) is 12.0 Å². The van der Waals surface area contributed by atoms with Gasteiger partial charge in [-0.1, -0.05) is 6.07 Å². The van der Waals surface area contributed by atoms with Crippen molar-refractivity contribution in [2.45, 2.75) is 31.2 Å². The second-order valence-corrected chi connectivity index (χ2v) is 7.67. The van der Waals surface area contributed by atoms with E-state index in [1.54, 1.807) is 0 Å². The number of nitrogens with zero attached hydrogens (tertiary/aromatic N) is 1. The Hall–Kier alpha value is -1.23. The molecule has 0 fully saturated rings. The molecule has 3 aromatic heterocycles. The van der Waals surface area contributed by atoms with Gasteiger partial charge in [-0.05, 0) is 55.5 Å². The van der Waals surface area contributed by atoms with Gasteiger partial charge in [0.25, 0.3) is 0 Å². The second kappa shape index (κ2) is 5.52. The minimum absolute atomic E-state index is 0.378. The van der Waals surface area contributed by atoms with Gasteiger partial charge in [0.05, 0.1) is 0 Å². The van der Waals surface area contributed by atoms with Crippen LogP contribution in [0.3, 0.4) is 0 Å². The van der Waals surface area contributed by atoms with E-state index in [2.05, 4.69) is 42.0 Å². The van der Waals surface area contributed by atoms with Gasteiger partial charge in [0.2, 0.25) is 0 Å². The first-order valence-corrected chi connectivity index (χ1v) is 9.14. The lowest BCUT2D eigenvalue weighted by molar-refractivity contribution is 0.420. The molecule has 0 aromatic carbocycles. The normalized spacial score (nSPS) is 19.6. The van der Waals surface area contributed by atoms with E-state index in [0.717, 1.165) is 0 Å². The average molecular weight is 314 g/mol. The summed E-state index contributed by atoms with van der Waals surface area (Å²) >= 11 is 3.76. The molecule has 1 N–H and O–H groups in total. The molecule has 0 spiro atoms. The summed E-state index contributed by atoms with van der Waals surface area (Å²) in [5.74, 6) is 0.493. The fraction of sp³-hybridized carbons (Fsp3) is 0.353. The molecule has 0 saturated carbocycles. The van der Waals surface area contributed by atoms with E-state index in [-0.39, 0.29) is 0 Å². The Morgan fingerprint density at radius 1 is 1.33 bits per heavy atom. The first-order valence-electron chi connectivity index (χ1n) is 7.45. The van der Waals surface area contributed by atoms with Gasteiger partial charge in [0.1, 0.15) is 0 Å². The van der Waals surface area contributed by atoms with Crippen LogP contribution in [-0.4, -0.2) is 12.0 Å². The molecule has 2 unspecified atom stereocenters. The topological polar surface area (TPSA) is 24.9 Å². The van der Waals surface area contributed by atoms with Crippen molar-refractivity contribution >= 4 is 32.1 Å². The molecule has 0 radical (unpaired) electrons. The first-order chi connectivity index (χ1) is 10.4. The summed E-state index contributed by atoms with van der Waals surface area (Å²) in [6, 6.07) is 9.28. The van der Waals surface area contributed by atoms with Crippen molar-refractivity contribution in [1.82, 2.24) is 10.3 Å². The SMILES string of the molecule is CNC(c1cc2sccc2s1)C1CCCc2cccnc21. The largest absolute Gasteiger partial charge is 0.312 e. The number of rotatable bonds is 3. The monoisotopic (exact) mass is 314 g/mol. The lowest BCUT2D eigenvalue weighted by atomic mass is 9.81. The molecule has 0 amide bonds. The van der Waals surface area contributed by atoms with Crippen LogP contribution in [0.4, 0.5) is 0 Å². The number of likely N-dealkylation sites (N-methyl/N-ethyl adjacent to an activating group) is 1. The number of nitrogens with one attached hydrogen (secondary N) is 1. The molecule has 2 nitrogen and oxygen atoms in total. The average Bonchev–Trinajstić information content (AvgIpc) is 3.10. The van der Waals surface area contributed by atoms with E-state index < -0.39 is 0 Å². The summed E-state index contributed by atoms with van der Waals surface area (Å²) in [7, 11) is 2.08. The molecule has 0 saturated heterocycles. The van der Waals surface area contributed by atoms with E-state index in [1.807, 2.05) is 28.9 Å². The molecule has 4 heteroatoms. The highest BCUT2D eigenvalue weighted by Gasteiger charge is 2.30. The molecule has 0 bridgehead atoms. The Labute approximate surface area is 132 Å². The third kappa shape index (κ3) is 2.31. The van der Waals surface area contributed by atoms with E-state index in [9.17, 15) is 0 Å². The van der Waals surface area contributed by atoms with E-state index in [1.165, 1.54) is 44.8 Å². The lowest BCUT2D eigenvalue weighted by Gasteiger charge is -2.30. The molecule has 21 heavy (non-hydrogen) atoms. The summed E-state index contributed by atoms with van der Waals surface area (Å²) < 4.78 is 2.82. The van der Waals surface area contributed by atoms with E-state index >= 15 is 0 Å².